The lowest BCUT2D eigenvalue weighted by molar-refractivity contribution is 0.278. The lowest BCUT2D eigenvalue weighted by atomic mass is 10.3. The molecule has 0 spiro atoms. The van der Waals surface area contributed by atoms with E-state index >= 15 is 0 Å². The van der Waals surface area contributed by atoms with Crippen LogP contribution in [0.15, 0.2) is 0 Å². The third-order valence-electron chi connectivity index (χ3n) is 0.957. The summed E-state index contributed by atoms with van der Waals surface area (Å²) in [4.78, 5) is 0. The number of nitrogens with one attached hydrogen (secondary N) is 1. The van der Waals surface area contributed by atoms with Gasteiger partial charge in [0.05, 0.1) is 0 Å². The maximum atomic E-state index is 7.17. The van der Waals surface area contributed by atoms with E-state index in [-0.39, 0.29) is 0 Å². The molecule has 54 valence electrons. The summed E-state index contributed by atoms with van der Waals surface area (Å²) in [6.07, 6.45) is 2.78. The summed E-state index contributed by atoms with van der Waals surface area (Å²) in [5.74, 6) is 0. The first-order chi connectivity index (χ1) is 4.23. The van der Waals surface area contributed by atoms with E-state index in [2.05, 4.69) is 5.32 Å². The van der Waals surface area contributed by atoms with Crippen LogP contribution in [0.5, 0.6) is 0 Å². The minimum Gasteiger partial charge on any atom is -0.402 e. The van der Waals surface area contributed by atoms with E-state index in [0.717, 1.165) is 0 Å². The van der Waals surface area contributed by atoms with Crippen LogP contribution >= 0.6 is 0 Å². The lowest BCUT2D eigenvalue weighted by Crippen LogP contribution is -2.07. The summed E-state index contributed by atoms with van der Waals surface area (Å²) in [6.45, 7) is 2.50. The van der Waals surface area contributed by atoms with Gasteiger partial charge in [0.2, 0.25) is 0 Å². The second-order valence-electron chi connectivity index (χ2n) is 1.80. The van der Waals surface area contributed by atoms with Crippen LogP contribution in [0.2, 0.25) is 0 Å². The SMILES string of the molecule is C1CCNC1.OB(O)O. The summed E-state index contributed by atoms with van der Waals surface area (Å²) in [5.41, 5.74) is 0. The first-order valence-electron chi connectivity index (χ1n) is 2.98. The molecule has 0 aromatic heterocycles. The normalized spacial score (nSPS) is 16.3. The van der Waals surface area contributed by atoms with Crippen molar-refractivity contribution in [2.45, 2.75) is 12.8 Å². The highest BCUT2D eigenvalue weighted by Crippen LogP contribution is 1.90. The van der Waals surface area contributed by atoms with Crippen LogP contribution in [0, 0.1) is 0 Å². The molecule has 0 aliphatic carbocycles. The molecule has 0 atom stereocenters. The lowest BCUT2D eigenvalue weighted by Gasteiger charge is -1.76. The van der Waals surface area contributed by atoms with Gasteiger partial charge in [-0.25, -0.2) is 0 Å². The molecule has 0 aromatic rings. The monoisotopic (exact) mass is 133 g/mol. The van der Waals surface area contributed by atoms with E-state index in [1.807, 2.05) is 0 Å². The van der Waals surface area contributed by atoms with Crippen LogP contribution in [-0.2, 0) is 0 Å². The number of hydrogen-bond donors (Lipinski definition) is 4. The Morgan fingerprint density at radius 2 is 1.33 bits per heavy atom. The zero-order valence-corrected chi connectivity index (χ0v) is 5.25. The molecule has 0 unspecified atom stereocenters. The topological polar surface area (TPSA) is 72.7 Å². The average molecular weight is 133 g/mol. The standard InChI is InChI=1S/C4H9N.BH3O3/c1-2-4-5-3-1;2-1(3)4/h5H,1-4H2;2-4H. The summed E-state index contributed by atoms with van der Waals surface area (Å²) in [5, 5.41) is 24.7. The summed E-state index contributed by atoms with van der Waals surface area (Å²) in [6, 6.07) is 0. The molecule has 1 fully saturated rings. The minimum absolute atomic E-state index is 1.25. The first-order valence-corrected chi connectivity index (χ1v) is 2.98. The van der Waals surface area contributed by atoms with Crippen LogP contribution in [0.1, 0.15) is 12.8 Å². The third-order valence-corrected chi connectivity index (χ3v) is 0.957. The molecule has 0 aromatic carbocycles. The van der Waals surface area contributed by atoms with Gasteiger partial charge in [-0.3, -0.25) is 0 Å². The molecule has 9 heavy (non-hydrogen) atoms. The van der Waals surface area contributed by atoms with Gasteiger partial charge in [-0.2, -0.15) is 0 Å². The highest BCUT2D eigenvalue weighted by Gasteiger charge is 1.93. The van der Waals surface area contributed by atoms with Gasteiger partial charge >= 0.3 is 7.32 Å². The molecule has 0 amide bonds. The molecule has 0 saturated carbocycles. The second-order valence-corrected chi connectivity index (χ2v) is 1.80. The van der Waals surface area contributed by atoms with E-state index in [4.69, 9.17) is 15.1 Å². The van der Waals surface area contributed by atoms with Gasteiger partial charge in [-0.1, -0.05) is 0 Å². The van der Waals surface area contributed by atoms with Gasteiger partial charge in [0, 0.05) is 0 Å². The zero-order valence-electron chi connectivity index (χ0n) is 5.25. The van der Waals surface area contributed by atoms with Crippen molar-refractivity contribution in [3.63, 3.8) is 0 Å². The van der Waals surface area contributed by atoms with Gasteiger partial charge in [-0.05, 0) is 25.9 Å². The van der Waals surface area contributed by atoms with Crippen molar-refractivity contribution >= 4 is 7.32 Å². The molecule has 0 bridgehead atoms. The van der Waals surface area contributed by atoms with Gasteiger partial charge in [0.25, 0.3) is 0 Å². The van der Waals surface area contributed by atoms with Gasteiger partial charge in [-0.15, -0.1) is 0 Å². The third kappa shape index (κ3) is 11.5. The second kappa shape index (κ2) is 6.03. The molecule has 4 N–H and O–H groups in total. The van der Waals surface area contributed by atoms with Crippen LogP contribution in [0.4, 0.5) is 0 Å². The predicted octanol–water partition coefficient (Wildman–Crippen LogP) is -1.68. The average Bonchev–Trinajstić information content (AvgIpc) is 2.11. The molecule has 5 heteroatoms. The first kappa shape index (κ1) is 8.90. The maximum absolute atomic E-state index is 7.17. The Hall–Kier alpha value is -0.0951. The van der Waals surface area contributed by atoms with Crippen molar-refractivity contribution in [3.05, 3.63) is 0 Å². The van der Waals surface area contributed by atoms with Crippen LogP contribution < -0.4 is 5.32 Å². The number of rotatable bonds is 0. The molecule has 1 rings (SSSR count). The largest absolute Gasteiger partial charge is 0.631 e. The Labute approximate surface area is 54.7 Å². The fraction of sp³-hybridized carbons (Fsp3) is 1.00. The van der Waals surface area contributed by atoms with Crippen LogP contribution in [0.3, 0.4) is 0 Å². The molecular weight excluding hydrogens is 121 g/mol. The van der Waals surface area contributed by atoms with Gasteiger partial charge in [0.15, 0.2) is 0 Å². The zero-order chi connectivity index (χ0) is 7.11. The molecule has 1 saturated heterocycles. The van der Waals surface area contributed by atoms with E-state index in [1.54, 1.807) is 0 Å². The molecule has 1 heterocycles. The quantitative estimate of drug-likeness (QED) is 0.298. The van der Waals surface area contributed by atoms with Crippen molar-refractivity contribution < 1.29 is 15.1 Å². The summed E-state index contributed by atoms with van der Waals surface area (Å²) >= 11 is 0. The molecule has 1 aliphatic rings. The van der Waals surface area contributed by atoms with Gasteiger partial charge in [0.1, 0.15) is 0 Å². The van der Waals surface area contributed by atoms with Crippen molar-refractivity contribution in [2.24, 2.45) is 0 Å². The van der Waals surface area contributed by atoms with Crippen molar-refractivity contribution in [1.82, 2.24) is 5.32 Å². The van der Waals surface area contributed by atoms with Crippen LogP contribution in [-0.4, -0.2) is 35.5 Å². The van der Waals surface area contributed by atoms with Gasteiger partial charge < -0.3 is 20.4 Å². The Morgan fingerprint density at radius 3 is 1.44 bits per heavy atom. The smallest absolute Gasteiger partial charge is 0.402 e. The number of hydrogen-bond acceptors (Lipinski definition) is 4. The summed E-state index contributed by atoms with van der Waals surface area (Å²) < 4.78 is 0. The Kier molecular flexibility index (Phi) is 5.97. The Morgan fingerprint density at radius 1 is 1.00 bits per heavy atom. The van der Waals surface area contributed by atoms with E-state index in [1.165, 1.54) is 25.9 Å². The van der Waals surface area contributed by atoms with Crippen LogP contribution in [0.25, 0.3) is 0 Å². The van der Waals surface area contributed by atoms with Crippen molar-refractivity contribution in [3.8, 4) is 0 Å². The van der Waals surface area contributed by atoms with E-state index in [0.29, 0.717) is 0 Å². The Bertz CT molecular complexity index is 47.4. The molecule has 0 radical (unpaired) electrons. The molecule has 1 aliphatic heterocycles. The molecule has 4 nitrogen and oxygen atoms in total. The fourth-order valence-electron chi connectivity index (χ4n) is 0.625. The van der Waals surface area contributed by atoms with E-state index < -0.39 is 7.32 Å². The minimum atomic E-state index is -2.17. The Balaban J connectivity index is 0.000000148. The highest BCUT2D eigenvalue weighted by atomic mass is 16.5. The molecular formula is C4H12BNO3. The van der Waals surface area contributed by atoms with E-state index in [9.17, 15) is 0 Å². The highest BCUT2D eigenvalue weighted by molar-refractivity contribution is 6.30. The van der Waals surface area contributed by atoms with Crippen molar-refractivity contribution in [1.29, 1.82) is 0 Å². The predicted molar refractivity (Wildman–Crippen MR) is 34.5 cm³/mol. The maximum Gasteiger partial charge on any atom is 0.631 e. The van der Waals surface area contributed by atoms with Crippen molar-refractivity contribution in [2.75, 3.05) is 13.1 Å². The fourth-order valence-corrected chi connectivity index (χ4v) is 0.625. The summed E-state index contributed by atoms with van der Waals surface area (Å²) in [7, 11) is -2.17.